The van der Waals surface area contributed by atoms with E-state index in [-0.39, 0.29) is 11.4 Å². The zero-order chi connectivity index (χ0) is 20.7. The summed E-state index contributed by atoms with van der Waals surface area (Å²) in [5.74, 6) is 0.957. The third-order valence-electron chi connectivity index (χ3n) is 4.79. The second-order valence-electron chi connectivity index (χ2n) is 6.46. The smallest absolute Gasteiger partial charge is 0.283 e. The zero-order valence-electron chi connectivity index (χ0n) is 16.4. The number of aromatic nitrogens is 1. The minimum absolute atomic E-state index is 0.0214. The largest absolute Gasteiger partial charge is 0.497 e. The van der Waals surface area contributed by atoms with Crippen molar-refractivity contribution in [3.05, 3.63) is 46.8 Å². The third-order valence-corrected chi connectivity index (χ3v) is 5.47. The highest BCUT2D eigenvalue weighted by Crippen LogP contribution is 2.33. The Balaban J connectivity index is 1.79. The number of carbonyl (C=O) groups excluding carboxylic acids is 1. The monoisotopic (exact) mass is 409 g/mol. The Morgan fingerprint density at radius 1 is 1.17 bits per heavy atom. The average Bonchev–Trinajstić information content (AvgIpc) is 3.29. The van der Waals surface area contributed by atoms with E-state index in [1.807, 2.05) is 42.7 Å². The van der Waals surface area contributed by atoms with E-state index in [1.54, 1.807) is 25.8 Å². The number of rotatable bonds is 4. The number of hydrazone groups is 1. The molecule has 2 aromatic rings. The van der Waals surface area contributed by atoms with Gasteiger partial charge in [-0.25, -0.2) is 0 Å². The number of aryl methyl sites for hydroxylation is 1. The van der Waals surface area contributed by atoms with Gasteiger partial charge in [0.1, 0.15) is 11.5 Å². The van der Waals surface area contributed by atoms with Crippen LogP contribution in [0, 0.1) is 19.3 Å². The number of ether oxygens (including phenoxy) is 2. The first kappa shape index (κ1) is 19.0. The molecule has 0 unspecified atom stereocenters. The minimum Gasteiger partial charge on any atom is -0.497 e. The Hall–Kier alpha value is -3.33. The molecule has 1 aromatic heterocycles. The molecule has 3 heterocycles. The molecule has 4 rings (SSSR count). The van der Waals surface area contributed by atoms with Gasteiger partial charge in [0, 0.05) is 17.5 Å². The van der Waals surface area contributed by atoms with Gasteiger partial charge in [-0.05, 0) is 55.4 Å². The molecule has 0 spiro atoms. The van der Waals surface area contributed by atoms with Crippen molar-refractivity contribution < 1.29 is 14.3 Å². The zero-order valence-corrected chi connectivity index (χ0v) is 17.2. The second kappa shape index (κ2) is 7.25. The number of nitrogens with zero attached hydrogens (tertiary/aromatic N) is 4. The second-order valence-corrected chi connectivity index (χ2v) is 7.27. The lowest BCUT2D eigenvalue weighted by Gasteiger charge is -2.20. The number of hydrogen-bond donors (Lipinski definition) is 1. The fourth-order valence-electron chi connectivity index (χ4n) is 3.37. The van der Waals surface area contributed by atoms with Crippen LogP contribution in [-0.2, 0) is 4.79 Å². The SMILES string of the molecule is COc1ccc(-n2c(C)cc(/C=C3\C(=N)N4N=CSC4=NC3=O)c2C)c(OC)c1. The molecule has 1 aromatic carbocycles. The summed E-state index contributed by atoms with van der Waals surface area (Å²) in [6, 6.07) is 7.59. The van der Waals surface area contributed by atoms with Gasteiger partial charge < -0.3 is 14.0 Å². The van der Waals surface area contributed by atoms with Crippen LogP contribution in [0.25, 0.3) is 11.8 Å². The van der Waals surface area contributed by atoms with Gasteiger partial charge >= 0.3 is 0 Å². The maximum absolute atomic E-state index is 12.5. The molecule has 9 heteroatoms. The van der Waals surface area contributed by atoms with Gasteiger partial charge in [-0.15, -0.1) is 0 Å². The number of fused-ring (bicyclic) bond motifs is 1. The van der Waals surface area contributed by atoms with Gasteiger partial charge in [-0.2, -0.15) is 15.1 Å². The quantitative estimate of drug-likeness (QED) is 0.782. The molecule has 2 aliphatic rings. The van der Waals surface area contributed by atoms with Crippen LogP contribution in [0.4, 0.5) is 0 Å². The minimum atomic E-state index is -0.439. The molecule has 0 fully saturated rings. The Morgan fingerprint density at radius 3 is 2.69 bits per heavy atom. The molecule has 2 aliphatic heterocycles. The molecule has 0 bridgehead atoms. The molecule has 0 aliphatic carbocycles. The Morgan fingerprint density at radius 2 is 1.97 bits per heavy atom. The molecule has 0 saturated carbocycles. The lowest BCUT2D eigenvalue weighted by atomic mass is 10.1. The van der Waals surface area contributed by atoms with Gasteiger partial charge in [0.05, 0.1) is 31.0 Å². The van der Waals surface area contributed by atoms with Crippen molar-refractivity contribution in [3.8, 4) is 17.2 Å². The van der Waals surface area contributed by atoms with Crippen molar-refractivity contribution in [2.75, 3.05) is 14.2 Å². The maximum atomic E-state index is 12.5. The van der Waals surface area contributed by atoms with Gasteiger partial charge in [0.25, 0.3) is 5.91 Å². The van der Waals surface area contributed by atoms with E-state index in [4.69, 9.17) is 14.9 Å². The maximum Gasteiger partial charge on any atom is 0.283 e. The lowest BCUT2D eigenvalue weighted by Crippen LogP contribution is -2.35. The number of thioether (sulfide) groups is 1. The number of aliphatic imine (C=N–C) groups is 1. The van der Waals surface area contributed by atoms with Crippen LogP contribution in [0.2, 0.25) is 0 Å². The molecule has 0 atom stereocenters. The fourth-order valence-corrected chi connectivity index (χ4v) is 3.98. The summed E-state index contributed by atoms with van der Waals surface area (Å²) in [5, 5.41) is 14.2. The van der Waals surface area contributed by atoms with E-state index in [2.05, 4.69) is 10.1 Å². The van der Waals surface area contributed by atoms with Gasteiger partial charge in [-0.1, -0.05) is 0 Å². The third kappa shape index (κ3) is 3.13. The molecule has 0 saturated heterocycles. The normalized spacial score (nSPS) is 17.0. The van der Waals surface area contributed by atoms with Crippen LogP contribution < -0.4 is 9.47 Å². The first-order valence-corrected chi connectivity index (χ1v) is 9.66. The van der Waals surface area contributed by atoms with Gasteiger partial charge in [0.2, 0.25) is 0 Å². The Labute approximate surface area is 172 Å². The van der Waals surface area contributed by atoms with E-state index in [0.29, 0.717) is 16.7 Å². The fraction of sp³-hybridized carbons (Fsp3) is 0.200. The summed E-state index contributed by atoms with van der Waals surface area (Å²) in [7, 11) is 3.22. The predicted octanol–water partition coefficient (Wildman–Crippen LogP) is 3.36. The van der Waals surface area contributed by atoms with E-state index >= 15 is 0 Å². The van der Waals surface area contributed by atoms with E-state index in [9.17, 15) is 4.79 Å². The van der Waals surface area contributed by atoms with Crippen molar-refractivity contribution in [3.63, 3.8) is 0 Å². The highest BCUT2D eigenvalue weighted by atomic mass is 32.2. The molecule has 8 nitrogen and oxygen atoms in total. The number of carbonyl (C=O) groups is 1. The highest BCUT2D eigenvalue weighted by molar-refractivity contribution is 8.25. The predicted molar refractivity (Wildman–Crippen MR) is 114 cm³/mol. The summed E-state index contributed by atoms with van der Waals surface area (Å²) in [6.45, 7) is 3.93. The number of methoxy groups -OCH3 is 2. The molecule has 1 N–H and O–H groups in total. The van der Waals surface area contributed by atoms with Crippen molar-refractivity contribution in [1.29, 1.82) is 5.41 Å². The topological polar surface area (TPSA) is 92.3 Å². The standard InChI is InChI=1S/C20H19N5O3S/c1-11-7-13(8-15-18(21)25-20(23-19(15)26)29-10-22-25)12(2)24(11)16-6-5-14(27-3)9-17(16)28-4/h5-10,21H,1-4H3/b15-8+,21-18?. The highest BCUT2D eigenvalue weighted by Gasteiger charge is 2.32. The van der Waals surface area contributed by atoms with Crippen LogP contribution in [-0.4, -0.2) is 46.3 Å². The summed E-state index contributed by atoms with van der Waals surface area (Å²) in [4.78, 5) is 16.5. The van der Waals surface area contributed by atoms with Crippen LogP contribution >= 0.6 is 11.8 Å². The summed E-state index contributed by atoms with van der Waals surface area (Å²) in [6.07, 6.45) is 1.69. The molecule has 148 valence electrons. The van der Waals surface area contributed by atoms with Crippen LogP contribution in [0.5, 0.6) is 11.5 Å². The number of benzene rings is 1. The molecular weight excluding hydrogens is 390 g/mol. The number of amides is 1. The first-order valence-electron chi connectivity index (χ1n) is 8.78. The number of amidine groups is 2. The first-order chi connectivity index (χ1) is 13.9. The van der Waals surface area contributed by atoms with E-state index in [0.717, 1.165) is 22.6 Å². The van der Waals surface area contributed by atoms with Gasteiger partial charge in [0.15, 0.2) is 11.0 Å². The van der Waals surface area contributed by atoms with Crippen molar-refractivity contribution in [1.82, 2.24) is 9.58 Å². The lowest BCUT2D eigenvalue weighted by molar-refractivity contribution is -0.114. The molecule has 1 amide bonds. The Bertz CT molecular complexity index is 1130. The van der Waals surface area contributed by atoms with E-state index in [1.165, 1.54) is 16.8 Å². The summed E-state index contributed by atoms with van der Waals surface area (Å²) >= 11 is 1.22. The van der Waals surface area contributed by atoms with Crippen LogP contribution in [0.15, 0.2) is 39.9 Å². The molecule has 29 heavy (non-hydrogen) atoms. The van der Waals surface area contributed by atoms with Crippen LogP contribution in [0.1, 0.15) is 17.0 Å². The van der Waals surface area contributed by atoms with Crippen molar-refractivity contribution >= 4 is 40.3 Å². The number of nitrogens with one attached hydrogen (secondary N) is 1. The summed E-state index contributed by atoms with van der Waals surface area (Å²) < 4.78 is 12.9. The molecule has 0 radical (unpaired) electrons. The molecular formula is C20H19N5O3S. The van der Waals surface area contributed by atoms with E-state index < -0.39 is 5.91 Å². The Kier molecular flexibility index (Phi) is 4.75. The van der Waals surface area contributed by atoms with Gasteiger partial charge in [-0.3, -0.25) is 10.2 Å². The van der Waals surface area contributed by atoms with Crippen molar-refractivity contribution in [2.45, 2.75) is 13.8 Å². The van der Waals surface area contributed by atoms with Crippen LogP contribution in [0.3, 0.4) is 0 Å². The van der Waals surface area contributed by atoms with Crippen molar-refractivity contribution in [2.24, 2.45) is 10.1 Å². The number of hydrogen-bond acceptors (Lipinski definition) is 6. The average molecular weight is 409 g/mol. The summed E-state index contributed by atoms with van der Waals surface area (Å²) in [5.41, 5.74) is 5.32.